The van der Waals surface area contributed by atoms with E-state index in [9.17, 15) is 14.0 Å². The second kappa shape index (κ2) is 6.05. The Balaban J connectivity index is 1.78. The average Bonchev–Trinajstić information content (AvgIpc) is 3.16. The normalized spacial score (nSPS) is 17.2. The molecule has 1 aromatic heterocycles. The van der Waals surface area contributed by atoms with Gasteiger partial charge >= 0.3 is 6.09 Å². The van der Waals surface area contributed by atoms with E-state index in [2.05, 4.69) is 15.3 Å². The van der Waals surface area contributed by atoms with Gasteiger partial charge in [-0.05, 0) is 18.2 Å². The fourth-order valence-corrected chi connectivity index (χ4v) is 2.22. The van der Waals surface area contributed by atoms with Crippen molar-refractivity contribution in [3.8, 4) is 0 Å². The number of cyclic esters (lactones) is 1. The molecule has 1 aliphatic rings. The number of ether oxygens (including phenoxy) is 1. The molecule has 1 saturated heterocycles. The minimum Gasteiger partial charge on any atom is -0.443 e. The van der Waals surface area contributed by atoms with Crippen LogP contribution in [0.25, 0.3) is 0 Å². The van der Waals surface area contributed by atoms with Crippen molar-refractivity contribution in [1.29, 1.82) is 0 Å². The van der Waals surface area contributed by atoms with Crippen LogP contribution in [0.5, 0.6) is 0 Å². The molecule has 1 aliphatic heterocycles. The predicted molar refractivity (Wildman–Crippen MR) is 79.6 cm³/mol. The molecule has 0 unspecified atom stereocenters. The number of carbonyl (C=O) groups excluding carboxylic acids is 2. The van der Waals surface area contributed by atoms with Gasteiger partial charge in [0.1, 0.15) is 11.9 Å². The number of nitrogens with zero attached hydrogens (tertiary/aromatic N) is 2. The summed E-state index contributed by atoms with van der Waals surface area (Å²) in [4.78, 5) is 31.5. The van der Waals surface area contributed by atoms with Crippen LogP contribution in [0.4, 0.5) is 20.8 Å². The van der Waals surface area contributed by atoms with E-state index in [4.69, 9.17) is 10.5 Å². The van der Waals surface area contributed by atoms with Crippen LogP contribution in [0, 0.1) is 5.82 Å². The Kier molecular flexibility index (Phi) is 3.94. The fourth-order valence-electron chi connectivity index (χ4n) is 2.22. The Morgan fingerprint density at radius 2 is 2.39 bits per heavy atom. The first-order valence-electron chi connectivity index (χ1n) is 6.87. The van der Waals surface area contributed by atoms with Crippen LogP contribution < -0.4 is 16.0 Å². The highest BCUT2D eigenvalue weighted by Gasteiger charge is 2.32. The third-order valence-corrected chi connectivity index (χ3v) is 3.38. The number of nitrogens with two attached hydrogens (primary N) is 1. The molecule has 0 spiro atoms. The molecule has 2 heterocycles. The summed E-state index contributed by atoms with van der Waals surface area (Å²) < 4.78 is 19.2. The molecule has 23 heavy (non-hydrogen) atoms. The van der Waals surface area contributed by atoms with Gasteiger partial charge in [0, 0.05) is 18.9 Å². The molecule has 1 atom stereocenters. The van der Waals surface area contributed by atoms with E-state index in [1.807, 2.05) is 0 Å². The van der Waals surface area contributed by atoms with E-state index in [1.54, 1.807) is 0 Å². The molecule has 2 amide bonds. The Labute approximate surface area is 130 Å². The predicted octanol–water partition coefficient (Wildman–Crippen LogP) is 1.08. The summed E-state index contributed by atoms with van der Waals surface area (Å²) in [7, 11) is 0. The summed E-state index contributed by atoms with van der Waals surface area (Å²) in [6.45, 7) is 0.432. The van der Waals surface area contributed by atoms with Crippen molar-refractivity contribution in [1.82, 2.24) is 9.97 Å². The molecule has 0 radical (unpaired) electrons. The van der Waals surface area contributed by atoms with Crippen molar-refractivity contribution in [3.63, 3.8) is 0 Å². The minimum absolute atomic E-state index is 0.159. The number of halogens is 1. The lowest BCUT2D eigenvalue weighted by atomic mass is 10.1. The summed E-state index contributed by atoms with van der Waals surface area (Å²) in [5.41, 5.74) is 5.60. The van der Waals surface area contributed by atoms with Crippen LogP contribution in [-0.2, 0) is 4.74 Å². The molecular weight excluding hydrogens is 305 g/mol. The number of aromatic amines is 1. The summed E-state index contributed by atoms with van der Waals surface area (Å²) in [6.07, 6.45) is 1.98. The van der Waals surface area contributed by atoms with Crippen LogP contribution in [0.15, 0.2) is 30.6 Å². The number of hydrogen-bond acceptors (Lipinski definition) is 5. The average molecular weight is 319 g/mol. The van der Waals surface area contributed by atoms with Crippen LogP contribution >= 0.6 is 0 Å². The highest BCUT2D eigenvalue weighted by molar-refractivity contribution is 6.04. The van der Waals surface area contributed by atoms with Crippen molar-refractivity contribution in [2.24, 2.45) is 5.73 Å². The number of nitrogens with one attached hydrogen (secondary N) is 2. The lowest BCUT2D eigenvalue weighted by Gasteiger charge is -2.14. The van der Waals surface area contributed by atoms with Gasteiger partial charge in [-0.25, -0.2) is 14.2 Å². The number of H-pyrrole nitrogens is 1. The van der Waals surface area contributed by atoms with Gasteiger partial charge < -0.3 is 15.5 Å². The molecule has 0 saturated carbocycles. The van der Waals surface area contributed by atoms with Gasteiger partial charge in [0.2, 0.25) is 5.95 Å². The standard InChI is InChI=1S/C14H14FN5O3/c15-11-5-8(20-7-9(6-16)23-14(20)22)1-2-10(11)12(21)19-13-17-3-4-18-13/h1-5,9H,6-7,16H2,(H2,17,18,19,21)/t9-/m0/s1. The number of hydrogen-bond donors (Lipinski definition) is 3. The number of anilines is 2. The highest BCUT2D eigenvalue weighted by Crippen LogP contribution is 2.24. The van der Waals surface area contributed by atoms with E-state index in [1.165, 1.54) is 29.4 Å². The summed E-state index contributed by atoms with van der Waals surface area (Å²) in [5, 5.41) is 2.43. The van der Waals surface area contributed by atoms with Crippen LogP contribution in [-0.4, -0.2) is 41.2 Å². The summed E-state index contributed by atoms with van der Waals surface area (Å²) in [6, 6.07) is 3.88. The Bertz CT molecular complexity index is 734. The zero-order valence-electron chi connectivity index (χ0n) is 12.0. The van der Waals surface area contributed by atoms with Crippen molar-refractivity contribution < 1.29 is 18.7 Å². The maximum atomic E-state index is 14.2. The fraction of sp³-hybridized carbons (Fsp3) is 0.214. The van der Waals surface area contributed by atoms with E-state index in [0.717, 1.165) is 6.07 Å². The number of carbonyl (C=O) groups is 2. The Hall–Kier alpha value is -2.94. The van der Waals surface area contributed by atoms with E-state index < -0.39 is 23.9 Å². The quantitative estimate of drug-likeness (QED) is 0.780. The van der Waals surface area contributed by atoms with Gasteiger partial charge in [-0.3, -0.25) is 15.0 Å². The first-order valence-corrected chi connectivity index (χ1v) is 6.87. The van der Waals surface area contributed by atoms with Gasteiger partial charge in [0.25, 0.3) is 5.91 Å². The molecule has 9 heteroatoms. The lowest BCUT2D eigenvalue weighted by molar-refractivity contribution is 0.102. The van der Waals surface area contributed by atoms with Crippen molar-refractivity contribution in [2.45, 2.75) is 6.10 Å². The molecule has 1 aromatic carbocycles. The highest BCUT2D eigenvalue weighted by atomic mass is 19.1. The Morgan fingerprint density at radius 1 is 1.57 bits per heavy atom. The molecule has 120 valence electrons. The minimum atomic E-state index is -0.754. The number of rotatable bonds is 4. The molecular formula is C14H14FN5O3. The molecule has 8 nitrogen and oxygen atoms in total. The number of aromatic nitrogens is 2. The summed E-state index contributed by atoms with van der Waals surface area (Å²) in [5.74, 6) is -1.18. The monoisotopic (exact) mass is 319 g/mol. The third-order valence-electron chi connectivity index (χ3n) is 3.38. The maximum Gasteiger partial charge on any atom is 0.414 e. The van der Waals surface area contributed by atoms with Gasteiger partial charge in [0.05, 0.1) is 17.8 Å². The maximum absolute atomic E-state index is 14.2. The third kappa shape index (κ3) is 2.99. The SMILES string of the molecule is NC[C@H]1CN(c2ccc(C(=O)Nc3ncc[nH]3)c(F)c2)C(=O)O1. The van der Waals surface area contributed by atoms with Gasteiger partial charge in [0.15, 0.2) is 0 Å². The lowest BCUT2D eigenvalue weighted by Crippen LogP contribution is -2.27. The number of amides is 2. The molecule has 3 rings (SSSR count). The van der Waals surface area contributed by atoms with Gasteiger partial charge in [-0.2, -0.15) is 0 Å². The van der Waals surface area contributed by atoms with Crippen molar-refractivity contribution >= 4 is 23.6 Å². The van der Waals surface area contributed by atoms with Crippen LogP contribution in [0.3, 0.4) is 0 Å². The first-order chi connectivity index (χ1) is 11.1. The molecule has 2 aromatic rings. The van der Waals surface area contributed by atoms with Crippen LogP contribution in [0.2, 0.25) is 0 Å². The zero-order valence-corrected chi connectivity index (χ0v) is 12.0. The van der Waals surface area contributed by atoms with E-state index in [-0.39, 0.29) is 24.6 Å². The Morgan fingerprint density at radius 3 is 3.00 bits per heavy atom. The zero-order chi connectivity index (χ0) is 16.4. The molecule has 4 N–H and O–H groups in total. The first kappa shape index (κ1) is 15.0. The van der Waals surface area contributed by atoms with Gasteiger partial charge in [-0.1, -0.05) is 0 Å². The second-order valence-electron chi connectivity index (χ2n) is 4.91. The smallest absolute Gasteiger partial charge is 0.414 e. The number of imidazole rings is 1. The molecule has 0 aliphatic carbocycles. The van der Waals surface area contributed by atoms with E-state index in [0.29, 0.717) is 5.69 Å². The molecule has 1 fully saturated rings. The van der Waals surface area contributed by atoms with E-state index >= 15 is 0 Å². The second-order valence-corrected chi connectivity index (χ2v) is 4.91. The number of benzene rings is 1. The topological polar surface area (TPSA) is 113 Å². The van der Waals surface area contributed by atoms with Crippen molar-refractivity contribution in [3.05, 3.63) is 42.0 Å². The van der Waals surface area contributed by atoms with Crippen LogP contribution in [0.1, 0.15) is 10.4 Å². The van der Waals surface area contributed by atoms with Crippen molar-refractivity contribution in [2.75, 3.05) is 23.3 Å². The van der Waals surface area contributed by atoms with Gasteiger partial charge in [-0.15, -0.1) is 0 Å². The molecule has 0 bridgehead atoms. The largest absolute Gasteiger partial charge is 0.443 e. The summed E-state index contributed by atoms with van der Waals surface area (Å²) >= 11 is 0.